The van der Waals surface area contributed by atoms with Crippen molar-refractivity contribution in [1.82, 2.24) is 15.2 Å². The van der Waals surface area contributed by atoms with Gasteiger partial charge in [-0.1, -0.05) is 47.5 Å². The van der Waals surface area contributed by atoms with Gasteiger partial charge in [0.25, 0.3) is 0 Å². The first-order valence-corrected chi connectivity index (χ1v) is 11.3. The second kappa shape index (κ2) is 9.45. The molecule has 1 unspecified atom stereocenters. The maximum absolute atomic E-state index is 6.16. The molecule has 6 nitrogen and oxygen atoms in total. The number of nitrogens with one attached hydrogen (secondary N) is 1. The van der Waals surface area contributed by atoms with Crippen LogP contribution < -0.4 is 10.1 Å². The van der Waals surface area contributed by atoms with E-state index >= 15 is 0 Å². The third-order valence-corrected chi connectivity index (χ3v) is 5.78. The third kappa shape index (κ3) is 5.00. The van der Waals surface area contributed by atoms with Gasteiger partial charge < -0.3 is 14.5 Å². The highest BCUT2D eigenvalue weighted by Crippen LogP contribution is 2.38. The summed E-state index contributed by atoms with van der Waals surface area (Å²) in [6.45, 7) is 2.19. The summed E-state index contributed by atoms with van der Waals surface area (Å²) >= 11 is 5.15. The first-order valence-electron chi connectivity index (χ1n) is 9.55. The molecule has 0 aliphatic carbocycles. The first kappa shape index (κ1) is 20.0. The van der Waals surface area contributed by atoms with Crippen molar-refractivity contribution in [2.45, 2.75) is 37.6 Å². The predicted molar refractivity (Wildman–Crippen MR) is 119 cm³/mol. The lowest BCUT2D eigenvalue weighted by molar-refractivity contribution is 0.266. The summed E-state index contributed by atoms with van der Waals surface area (Å²) in [5.74, 6) is 2.19. The minimum atomic E-state index is -0.420. The average Bonchev–Trinajstić information content (AvgIpc) is 3.19. The number of rotatable bonds is 7. The summed E-state index contributed by atoms with van der Waals surface area (Å²) in [5, 5.41) is 12.8. The summed E-state index contributed by atoms with van der Waals surface area (Å²) in [5.41, 5.74) is 2.42. The minimum absolute atomic E-state index is 0.420. The minimum Gasteiger partial charge on any atom is -0.465 e. The van der Waals surface area contributed by atoms with Gasteiger partial charge in [0.2, 0.25) is 11.0 Å². The van der Waals surface area contributed by atoms with Gasteiger partial charge in [0, 0.05) is 21.5 Å². The Morgan fingerprint density at radius 1 is 1.24 bits per heavy atom. The second-order valence-corrected chi connectivity index (χ2v) is 8.53. The van der Waals surface area contributed by atoms with E-state index in [-0.39, 0.29) is 0 Å². The molecule has 4 rings (SSSR count). The van der Waals surface area contributed by atoms with Crippen molar-refractivity contribution in [1.29, 1.82) is 0 Å². The highest BCUT2D eigenvalue weighted by atomic mass is 79.9. The quantitative estimate of drug-likeness (QED) is 0.332. The van der Waals surface area contributed by atoms with Crippen LogP contribution in [0.4, 0.5) is 5.69 Å². The maximum Gasteiger partial charge on any atom is 0.247 e. The molecule has 3 heterocycles. The number of furan rings is 1. The number of hydrogen-bond donors (Lipinski definition) is 1. The SMILES string of the molecule is CCCCCSc1nnc2c(n1)OC(/C=C/c1ccco1)Nc1ccc(Br)cc1-2. The lowest BCUT2D eigenvalue weighted by Crippen LogP contribution is -2.23. The van der Waals surface area contributed by atoms with Crippen LogP contribution >= 0.6 is 27.7 Å². The van der Waals surface area contributed by atoms with Gasteiger partial charge in [-0.25, -0.2) is 0 Å². The van der Waals surface area contributed by atoms with Gasteiger partial charge in [-0.2, -0.15) is 4.98 Å². The van der Waals surface area contributed by atoms with Crippen LogP contribution in [0, 0.1) is 0 Å². The number of hydrogen-bond acceptors (Lipinski definition) is 7. The van der Waals surface area contributed by atoms with E-state index in [9.17, 15) is 0 Å². The van der Waals surface area contributed by atoms with Crippen LogP contribution in [0.5, 0.6) is 5.88 Å². The molecule has 0 bridgehead atoms. The van der Waals surface area contributed by atoms with Crippen molar-refractivity contribution in [3.05, 3.63) is 52.9 Å². The number of thioether (sulfide) groups is 1. The molecular formula is C21H21BrN4O2S. The van der Waals surface area contributed by atoms with E-state index in [1.807, 2.05) is 42.5 Å². The number of aromatic nitrogens is 3. The number of fused-ring (bicyclic) bond motifs is 3. The topological polar surface area (TPSA) is 73.1 Å². The van der Waals surface area contributed by atoms with Crippen LogP contribution in [0.1, 0.15) is 31.9 Å². The number of unbranched alkanes of at least 4 members (excludes halogenated alkanes) is 2. The van der Waals surface area contributed by atoms with Crippen molar-refractivity contribution in [2.24, 2.45) is 0 Å². The molecule has 1 aliphatic rings. The largest absolute Gasteiger partial charge is 0.465 e. The Kier molecular flexibility index (Phi) is 6.51. The van der Waals surface area contributed by atoms with Gasteiger partial charge in [0.15, 0.2) is 11.9 Å². The predicted octanol–water partition coefficient (Wildman–Crippen LogP) is 6.02. The molecule has 150 valence electrons. The summed E-state index contributed by atoms with van der Waals surface area (Å²) in [4.78, 5) is 4.65. The Balaban J connectivity index is 1.64. The number of nitrogens with zero attached hydrogens (tertiary/aromatic N) is 3. The van der Waals surface area contributed by atoms with Crippen molar-refractivity contribution in [3.63, 3.8) is 0 Å². The van der Waals surface area contributed by atoms with Crippen LogP contribution in [0.15, 0.2) is 56.7 Å². The molecule has 0 saturated carbocycles. The Morgan fingerprint density at radius 3 is 3.00 bits per heavy atom. The van der Waals surface area contributed by atoms with Crippen LogP contribution in [0.25, 0.3) is 17.3 Å². The number of halogens is 1. The lowest BCUT2D eigenvalue weighted by Gasteiger charge is -2.15. The van der Waals surface area contributed by atoms with Crippen molar-refractivity contribution < 1.29 is 9.15 Å². The standard InChI is InChI=1S/C21H21BrN4O2S/c1-2-3-4-12-29-21-24-20-19(25-26-21)16-13-14(22)7-9-17(16)23-18(28-20)10-8-15-6-5-11-27-15/h5-11,13,18,23H,2-4,12H2,1H3/b10-8+. The molecule has 1 atom stereocenters. The van der Waals surface area contributed by atoms with Crippen LogP contribution in [-0.4, -0.2) is 27.2 Å². The summed E-state index contributed by atoms with van der Waals surface area (Å²) in [7, 11) is 0. The maximum atomic E-state index is 6.16. The zero-order chi connectivity index (χ0) is 20.1. The molecule has 1 aliphatic heterocycles. The second-order valence-electron chi connectivity index (χ2n) is 6.55. The van der Waals surface area contributed by atoms with Gasteiger partial charge in [-0.3, -0.25) is 0 Å². The van der Waals surface area contributed by atoms with Gasteiger partial charge in [0.1, 0.15) is 5.76 Å². The van der Waals surface area contributed by atoms with Gasteiger partial charge in [0.05, 0.1) is 6.26 Å². The zero-order valence-corrected chi connectivity index (χ0v) is 18.4. The molecule has 29 heavy (non-hydrogen) atoms. The monoisotopic (exact) mass is 472 g/mol. The van der Waals surface area contributed by atoms with Gasteiger partial charge in [-0.05, 0) is 48.9 Å². The summed E-state index contributed by atoms with van der Waals surface area (Å²) in [6, 6.07) is 9.69. The van der Waals surface area contributed by atoms with Gasteiger partial charge in [-0.15, -0.1) is 10.2 Å². The first-order chi connectivity index (χ1) is 14.2. The molecule has 2 aromatic heterocycles. The Morgan fingerprint density at radius 2 is 2.17 bits per heavy atom. The smallest absolute Gasteiger partial charge is 0.247 e. The van der Waals surface area contributed by atoms with E-state index in [0.29, 0.717) is 16.7 Å². The molecule has 0 fully saturated rings. The fraction of sp³-hybridized carbons (Fsp3) is 0.286. The number of anilines is 1. The van der Waals surface area contributed by atoms with E-state index < -0.39 is 6.23 Å². The average molecular weight is 473 g/mol. The summed E-state index contributed by atoms with van der Waals surface area (Å²) < 4.78 is 12.5. The van der Waals surface area contributed by atoms with E-state index in [0.717, 1.165) is 33.7 Å². The highest BCUT2D eigenvalue weighted by Gasteiger charge is 2.24. The third-order valence-electron chi connectivity index (χ3n) is 4.37. The molecule has 1 aromatic carbocycles. The Labute approximate surface area is 182 Å². The molecule has 0 radical (unpaired) electrons. The Hall–Kier alpha value is -2.32. The van der Waals surface area contributed by atoms with E-state index in [4.69, 9.17) is 9.15 Å². The molecule has 0 amide bonds. The van der Waals surface area contributed by atoms with Crippen LogP contribution in [0.3, 0.4) is 0 Å². The Bertz CT molecular complexity index is 994. The van der Waals surface area contributed by atoms with Crippen LogP contribution in [-0.2, 0) is 0 Å². The lowest BCUT2D eigenvalue weighted by atomic mass is 10.1. The van der Waals surface area contributed by atoms with Crippen molar-refractivity contribution >= 4 is 39.5 Å². The molecule has 0 spiro atoms. The van der Waals surface area contributed by atoms with Crippen LogP contribution in [0.2, 0.25) is 0 Å². The molecule has 3 aromatic rings. The molecule has 0 saturated heterocycles. The molecule has 1 N–H and O–H groups in total. The number of benzene rings is 1. The molecular weight excluding hydrogens is 452 g/mol. The van der Waals surface area contributed by atoms with Crippen molar-refractivity contribution in [2.75, 3.05) is 11.1 Å². The summed E-state index contributed by atoms with van der Waals surface area (Å²) in [6.07, 6.45) is 8.51. The zero-order valence-electron chi connectivity index (χ0n) is 16.0. The number of ether oxygens (including phenoxy) is 1. The fourth-order valence-corrected chi connectivity index (χ4v) is 4.06. The van der Waals surface area contributed by atoms with E-state index in [1.165, 1.54) is 12.8 Å². The normalized spacial score (nSPS) is 15.3. The highest BCUT2D eigenvalue weighted by molar-refractivity contribution is 9.10. The van der Waals surface area contributed by atoms with E-state index in [1.54, 1.807) is 18.0 Å². The van der Waals surface area contributed by atoms with Gasteiger partial charge >= 0.3 is 0 Å². The van der Waals surface area contributed by atoms with E-state index in [2.05, 4.69) is 43.4 Å². The molecule has 8 heteroatoms. The fourth-order valence-electron chi connectivity index (χ4n) is 2.92. The van der Waals surface area contributed by atoms with Crippen molar-refractivity contribution in [3.8, 4) is 17.1 Å².